The molecule has 0 aliphatic rings. The third-order valence-electron chi connectivity index (χ3n) is 3.50. The minimum absolute atomic E-state index is 0.0287. The van der Waals surface area contributed by atoms with E-state index in [1.54, 1.807) is 29.2 Å². The molecule has 0 saturated heterocycles. The largest absolute Gasteiger partial charge is 0.326 e. The molecule has 2 aromatic rings. The standard InChI is InChI=1S/C19H22N2O2/c1-3-4-14-21(18-8-6-5-7-9-18)19(23)16-10-12-17(13-11-16)20-15(2)22/h5-13H,3-4,14H2,1-2H3,(H,20,22). The smallest absolute Gasteiger partial charge is 0.258 e. The van der Waals surface area contributed by atoms with E-state index in [2.05, 4.69) is 12.2 Å². The number of benzene rings is 2. The number of hydrogen-bond donors (Lipinski definition) is 1. The fourth-order valence-electron chi connectivity index (χ4n) is 2.33. The first kappa shape index (κ1) is 16.7. The minimum atomic E-state index is -0.127. The van der Waals surface area contributed by atoms with Crippen molar-refractivity contribution in [2.24, 2.45) is 0 Å². The van der Waals surface area contributed by atoms with E-state index in [1.807, 2.05) is 30.3 Å². The van der Waals surface area contributed by atoms with Gasteiger partial charge in [0.15, 0.2) is 0 Å². The molecule has 0 aliphatic heterocycles. The highest BCUT2D eigenvalue weighted by atomic mass is 16.2. The summed E-state index contributed by atoms with van der Waals surface area (Å²) in [6.07, 6.45) is 1.97. The van der Waals surface area contributed by atoms with Crippen molar-refractivity contribution < 1.29 is 9.59 Å². The molecule has 0 aliphatic carbocycles. The molecule has 0 saturated carbocycles. The van der Waals surface area contributed by atoms with Gasteiger partial charge in [0.05, 0.1) is 0 Å². The van der Waals surface area contributed by atoms with Crippen LogP contribution in [0.1, 0.15) is 37.0 Å². The van der Waals surface area contributed by atoms with Crippen molar-refractivity contribution in [3.05, 3.63) is 60.2 Å². The van der Waals surface area contributed by atoms with Gasteiger partial charge in [-0.05, 0) is 42.8 Å². The van der Waals surface area contributed by atoms with Gasteiger partial charge in [0, 0.05) is 30.4 Å². The summed E-state index contributed by atoms with van der Waals surface area (Å²) in [7, 11) is 0. The molecule has 4 heteroatoms. The van der Waals surface area contributed by atoms with Crippen LogP contribution in [0.2, 0.25) is 0 Å². The van der Waals surface area contributed by atoms with Gasteiger partial charge >= 0.3 is 0 Å². The van der Waals surface area contributed by atoms with Crippen molar-refractivity contribution in [1.29, 1.82) is 0 Å². The molecule has 0 atom stereocenters. The highest BCUT2D eigenvalue weighted by Gasteiger charge is 2.17. The van der Waals surface area contributed by atoms with Crippen molar-refractivity contribution in [2.75, 3.05) is 16.8 Å². The lowest BCUT2D eigenvalue weighted by Gasteiger charge is -2.23. The maximum absolute atomic E-state index is 12.8. The fourth-order valence-corrected chi connectivity index (χ4v) is 2.33. The van der Waals surface area contributed by atoms with Gasteiger partial charge in [0.25, 0.3) is 5.91 Å². The van der Waals surface area contributed by atoms with Crippen molar-refractivity contribution in [3.8, 4) is 0 Å². The van der Waals surface area contributed by atoms with Crippen LogP contribution in [-0.2, 0) is 4.79 Å². The van der Waals surface area contributed by atoms with Gasteiger partial charge in [-0.3, -0.25) is 9.59 Å². The topological polar surface area (TPSA) is 49.4 Å². The second-order valence-electron chi connectivity index (χ2n) is 5.40. The molecule has 2 rings (SSSR count). The van der Waals surface area contributed by atoms with Crippen LogP contribution in [0.15, 0.2) is 54.6 Å². The first-order chi connectivity index (χ1) is 11.1. The van der Waals surface area contributed by atoms with Gasteiger partial charge in [0.2, 0.25) is 5.91 Å². The van der Waals surface area contributed by atoms with E-state index in [-0.39, 0.29) is 11.8 Å². The van der Waals surface area contributed by atoms with Gasteiger partial charge in [-0.15, -0.1) is 0 Å². The highest BCUT2D eigenvalue weighted by molar-refractivity contribution is 6.06. The predicted octanol–water partition coefficient (Wildman–Crippen LogP) is 4.09. The second kappa shape index (κ2) is 8.13. The van der Waals surface area contributed by atoms with Crippen LogP contribution in [0.25, 0.3) is 0 Å². The quantitative estimate of drug-likeness (QED) is 0.873. The van der Waals surface area contributed by atoms with E-state index in [9.17, 15) is 9.59 Å². The molecular weight excluding hydrogens is 288 g/mol. The van der Waals surface area contributed by atoms with E-state index < -0.39 is 0 Å². The monoisotopic (exact) mass is 310 g/mol. The lowest BCUT2D eigenvalue weighted by atomic mass is 10.1. The molecule has 4 nitrogen and oxygen atoms in total. The number of carbonyl (C=O) groups excluding carboxylic acids is 2. The number of nitrogens with zero attached hydrogens (tertiary/aromatic N) is 1. The molecule has 2 aromatic carbocycles. The van der Waals surface area contributed by atoms with Crippen LogP contribution < -0.4 is 10.2 Å². The first-order valence-electron chi connectivity index (χ1n) is 7.86. The van der Waals surface area contributed by atoms with Crippen LogP contribution in [0.4, 0.5) is 11.4 Å². The van der Waals surface area contributed by atoms with E-state index in [0.29, 0.717) is 17.8 Å². The Morgan fingerprint density at radius 1 is 1.00 bits per heavy atom. The van der Waals surface area contributed by atoms with Crippen molar-refractivity contribution in [3.63, 3.8) is 0 Å². The van der Waals surface area contributed by atoms with Crippen LogP contribution in [0.3, 0.4) is 0 Å². The van der Waals surface area contributed by atoms with Gasteiger partial charge in [-0.1, -0.05) is 31.5 Å². The summed E-state index contributed by atoms with van der Waals surface area (Å²) in [6.45, 7) is 4.25. The fraction of sp³-hybridized carbons (Fsp3) is 0.263. The third-order valence-corrected chi connectivity index (χ3v) is 3.50. The molecule has 2 amide bonds. The molecule has 120 valence electrons. The molecule has 23 heavy (non-hydrogen) atoms. The van der Waals surface area contributed by atoms with Gasteiger partial charge in [-0.25, -0.2) is 0 Å². The molecule has 0 aromatic heterocycles. The van der Waals surface area contributed by atoms with Gasteiger partial charge in [0.1, 0.15) is 0 Å². The number of hydrogen-bond acceptors (Lipinski definition) is 2. The molecule has 0 spiro atoms. The number of nitrogens with one attached hydrogen (secondary N) is 1. The molecule has 0 unspecified atom stereocenters. The molecule has 0 fully saturated rings. The SMILES string of the molecule is CCCCN(C(=O)c1ccc(NC(C)=O)cc1)c1ccccc1. The molecular formula is C19H22N2O2. The van der Waals surface area contributed by atoms with Crippen LogP contribution in [0.5, 0.6) is 0 Å². The van der Waals surface area contributed by atoms with E-state index >= 15 is 0 Å². The van der Waals surface area contributed by atoms with E-state index in [1.165, 1.54) is 6.92 Å². The lowest BCUT2D eigenvalue weighted by molar-refractivity contribution is -0.114. The average molecular weight is 310 g/mol. The zero-order valence-electron chi connectivity index (χ0n) is 13.6. The van der Waals surface area contributed by atoms with Crippen molar-refractivity contribution in [2.45, 2.75) is 26.7 Å². The summed E-state index contributed by atoms with van der Waals surface area (Å²) in [6, 6.07) is 16.7. The lowest BCUT2D eigenvalue weighted by Crippen LogP contribution is -2.31. The first-order valence-corrected chi connectivity index (χ1v) is 7.86. The summed E-state index contributed by atoms with van der Waals surface area (Å²) in [4.78, 5) is 25.7. The number of unbranched alkanes of at least 4 members (excludes halogenated alkanes) is 1. The van der Waals surface area contributed by atoms with Crippen molar-refractivity contribution >= 4 is 23.2 Å². The van der Waals surface area contributed by atoms with Crippen LogP contribution >= 0.6 is 0 Å². The summed E-state index contributed by atoms with van der Waals surface area (Å²) in [5, 5.41) is 2.70. The summed E-state index contributed by atoms with van der Waals surface area (Å²) < 4.78 is 0. The number of carbonyl (C=O) groups is 2. The Morgan fingerprint density at radius 3 is 2.22 bits per heavy atom. The Bertz CT molecular complexity index is 651. The Kier molecular flexibility index (Phi) is 5.92. The normalized spacial score (nSPS) is 10.2. The Morgan fingerprint density at radius 2 is 1.65 bits per heavy atom. The van der Waals surface area contributed by atoms with Crippen LogP contribution in [0, 0.1) is 0 Å². The second-order valence-corrected chi connectivity index (χ2v) is 5.40. The molecule has 0 heterocycles. The van der Waals surface area contributed by atoms with E-state index in [4.69, 9.17) is 0 Å². The third kappa shape index (κ3) is 4.68. The molecule has 1 N–H and O–H groups in total. The Balaban J connectivity index is 2.21. The Labute approximate surface area is 137 Å². The van der Waals surface area contributed by atoms with Gasteiger partial charge in [-0.2, -0.15) is 0 Å². The number of anilines is 2. The number of rotatable bonds is 6. The zero-order chi connectivity index (χ0) is 16.7. The minimum Gasteiger partial charge on any atom is -0.326 e. The highest BCUT2D eigenvalue weighted by Crippen LogP contribution is 2.19. The summed E-state index contributed by atoms with van der Waals surface area (Å²) in [5.74, 6) is -0.156. The van der Waals surface area contributed by atoms with Gasteiger partial charge < -0.3 is 10.2 Å². The maximum atomic E-state index is 12.8. The molecule has 0 radical (unpaired) electrons. The van der Waals surface area contributed by atoms with E-state index in [0.717, 1.165) is 18.5 Å². The summed E-state index contributed by atoms with van der Waals surface area (Å²) in [5.41, 5.74) is 2.20. The van der Waals surface area contributed by atoms with Crippen LogP contribution in [-0.4, -0.2) is 18.4 Å². The molecule has 0 bridgehead atoms. The Hall–Kier alpha value is -2.62. The number of amides is 2. The zero-order valence-corrected chi connectivity index (χ0v) is 13.6. The average Bonchev–Trinajstić information content (AvgIpc) is 2.56. The maximum Gasteiger partial charge on any atom is 0.258 e. The summed E-state index contributed by atoms with van der Waals surface area (Å²) >= 11 is 0. The predicted molar refractivity (Wildman–Crippen MR) is 93.8 cm³/mol. The number of para-hydroxylation sites is 1. The van der Waals surface area contributed by atoms with Crippen molar-refractivity contribution in [1.82, 2.24) is 0 Å².